The van der Waals surface area contributed by atoms with Crippen LogP contribution >= 0.6 is 0 Å². The number of nitrogen functional groups attached to an aromatic ring is 1. The number of nitrogens with two attached hydrogens (primary N) is 1. The summed E-state index contributed by atoms with van der Waals surface area (Å²) in [7, 11) is -4.25. The predicted molar refractivity (Wildman–Crippen MR) is 145 cm³/mol. The largest absolute Gasteiger partial charge is 0.384 e. The Bertz CT molecular complexity index is 1420. The molecule has 1 aliphatic heterocycles. The maximum atomic E-state index is 13.4. The maximum Gasteiger partial charge on any atom is 0.281 e. The van der Waals surface area contributed by atoms with Crippen LogP contribution in [0.2, 0.25) is 0 Å². The van der Waals surface area contributed by atoms with Gasteiger partial charge in [-0.15, -0.1) is 0 Å². The van der Waals surface area contributed by atoms with E-state index in [4.69, 9.17) is 10.7 Å². The molecule has 3 aromatic rings. The third-order valence-electron chi connectivity index (χ3n) is 6.76. The van der Waals surface area contributed by atoms with Crippen molar-refractivity contribution in [3.63, 3.8) is 0 Å². The lowest BCUT2D eigenvalue weighted by Crippen LogP contribution is -2.43. The number of carbonyl (C=O) groups is 1. The highest BCUT2D eigenvalue weighted by atomic mass is 32.2. The van der Waals surface area contributed by atoms with Crippen molar-refractivity contribution in [2.45, 2.75) is 57.6 Å². The molecule has 1 unspecified atom stereocenters. The van der Waals surface area contributed by atoms with Gasteiger partial charge < -0.3 is 16.0 Å². The second kappa shape index (κ2) is 9.97. The quantitative estimate of drug-likeness (QED) is 0.422. The van der Waals surface area contributed by atoms with Crippen molar-refractivity contribution in [1.29, 1.82) is 0 Å². The molecule has 3 aromatic heterocycles. The molecule has 1 atom stereocenters. The first-order valence-electron chi connectivity index (χ1n) is 12.2. The van der Waals surface area contributed by atoms with Crippen molar-refractivity contribution in [1.82, 2.24) is 19.7 Å². The number of pyridine rings is 3. The number of carbonyl (C=O) groups excluding carboxylic acids is 1. The molecular weight excluding hydrogens is 490 g/mol. The van der Waals surface area contributed by atoms with Crippen molar-refractivity contribution >= 4 is 33.4 Å². The molecule has 0 radical (unpaired) electrons. The average Bonchev–Trinajstić information content (AvgIpc) is 3.10. The number of nitrogens with one attached hydrogen (secondary N) is 2. The lowest BCUT2D eigenvalue weighted by molar-refractivity contribution is 0.0981. The Morgan fingerprint density at radius 2 is 1.76 bits per heavy atom. The van der Waals surface area contributed by atoms with Crippen LogP contribution < -0.4 is 20.7 Å². The van der Waals surface area contributed by atoms with Gasteiger partial charge in [-0.2, -0.15) is 8.42 Å². The number of anilines is 3. The Labute approximate surface area is 217 Å². The molecule has 0 bridgehead atoms. The molecule has 4 rings (SSSR count). The number of aromatic nitrogens is 3. The number of hydrogen-bond donors (Lipinski definition) is 3. The van der Waals surface area contributed by atoms with Crippen molar-refractivity contribution < 1.29 is 13.2 Å². The molecule has 0 spiro atoms. The van der Waals surface area contributed by atoms with Crippen LogP contribution in [0.1, 0.15) is 51.4 Å². The van der Waals surface area contributed by atoms with E-state index in [0.717, 1.165) is 6.42 Å². The van der Waals surface area contributed by atoms with E-state index in [1.54, 1.807) is 12.1 Å². The number of rotatable bonds is 7. The van der Waals surface area contributed by atoms with E-state index < -0.39 is 15.9 Å². The van der Waals surface area contributed by atoms with Crippen LogP contribution in [-0.2, 0) is 10.0 Å². The van der Waals surface area contributed by atoms with E-state index in [9.17, 15) is 13.2 Å². The van der Waals surface area contributed by atoms with Gasteiger partial charge in [0.15, 0.2) is 5.03 Å². The third kappa shape index (κ3) is 5.51. The maximum absolute atomic E-state index is 13.4. The molecule has 196 valence electrons. The topological polar surface area (TPSA) is 143 Å². The molecule has 0 aromatic carbocycles. The molecule has 1 aliphatic rings. The van der Waals surface area contributed by atoms with E-state index in [1.165, 1.54) is 18.2 Å². The summed E-state index contributed by atoms with van der Waals surface area (Å²) >= 11 is 0. The third-order valence-corrected chi connectivity index (χ3v) is 7.99. The first kappa shape index (κ1) is 26.3. The SMILES string of the molecule is CC(C)Nc1cccc(-c2ccc(C(=O)NS(=O)(=O)c3cccc(N)n3)c(N3CCC(C)C3(C)C)n2)n1. The minimum atomic E-state index is -4.25. The van der Waals surface area contributed by atoms with Crippen LogP contribution in [0.3, 0.4) is 0 Å². The molecule has 4 heterocycles. The number of amides is 1. The van der Waals surface area contributed by atoms with E-state index in [0.29, 0.717) is 35.5 Å². The van der Waals surface area contributed by atoms with Gasteiger partial charge >= 0.3 is 0 Å². The summed E-state index contributed by atoms with van der Waals surface area (Å²) in [5, 5.41) is 2.95. The summed E-state index contributed by atoms with van der Waals surface area (Å²) in [6.45, 7) is 11.1. The monoisotopic (exact) mass is 523 g/mol. The summed E-state index contributed by atoms with van der Waals surface area (Å²) in [4.78, 5) is 28.8. The second-order valence-corrected chi connectivity index (χ2v) is 11.7. The van der Waals surface area contributed by atoms with Crippen molar-refractivity contribution in [2.24, 2.45) is 5.92 Å². The molecule has 1 amide bonds. The van der Waals surface area contributed by atoms with Gasteiger partial charge in [0, 0.05) is 18.1 Å². The summed E-state index contributed by atoms with van der Waals surface area (Å²) in [6, 6.07) is 13.3. The summed E-state index contributed by atoms with van der Waals surface area (Å²) in [6.07, 6.45) is 0.914. The zero-order chi connectivity index (χ0) is 27.0. The van der Waals surface area contributed by atoms with Gasteiger partial charge in [-0.3, -0.25) is 4.79 Å². The van der Waals surface area contributed by atoms with Gasteiger partial charge in [-0.1, -0.05) is 19.1 Å². The van der Waals surface area contributed by atoms with Crippen LogP contribution in [0, 0.1) is 5.92 Å². The lowest BCUT2D eigenvalue weighted by atomic mass is 9.90. The Morgan fingerprint density at radius 1 is 1.05 bits per heavy atom. The Morgan fingerprint density at radius 3 is 2.41 bits per heavy atom. The molecule has 10 nitrogen and oxygen atoms in total. The van der Waals surface area contributed by atoms with Crippen LogP contribution in [-0.4, -0.2) is 47.4 Å². The zero-order valence-corrected chi connectivity index (χ0v) is 22.5. The first-order chi connectivity index (χ1) is 17.4. The van der Waals surface area contributed by atoms with Gasteiger partial charge in [-0.25, -0.2) is 19.7 Å². The van der Waals surface area contributed by atoms with E-state index >= 15 is 0 Å². The van der Waals surface area contributed by atoms with Crippen LogP contribution in [0.4, 0.5) is 17.5 Å². The van der Waals surface area contributed by atoms with Gasteiger partial charge in [0.05, 0.1) is 17.0 Å². The Balaban J connectivity index is 1.76. The summed E-state index contributed by atoms with van der Waals surface area (Å²) in [5.74, 6) is 0.705. The highest BCUT2D eigenvalue weighted by molar-refractivity contribution is 7.90. The minimum Gasteiger partial charge on any atom is -0.384 e. The zero-order valence-electron chi connectivity index (χ0n) is 21.7. The minimum absolute atomic E-state index is 0.0384. The van der Waals surface area contributed by atoms with Crippen molar-refractivity contribution in [2.75, 3.05) is 22.5 Å². The summed E-state index contributed by atoms with van der Waals surface area (Å²) < 4.78 is 27.9. The fraction of sp³-hybridized carbons (Fsp3) is 0.385. The molecule has 1 saturated heterocycles. The summed E-state index contributed by atoms with van der Waals surface area (Å²) in [5.41, 5.74) is 6.70. The number of nitrogens with zero attached hydrogens (tertiary/aromatic N) is 4. The molecule has 1 fully saturated rings. The molecule has 37 heavy (non-hydrogen) atoms. The van der Waals surface area contributed by atoms with E-state index in [2.05, 4.69) is 45.7 Å². The molecule has 0 saturated carbocycles. The van der Waals surface area contributed by atoms with Crippen molar-refractivity contribution in [3.8, 4) is 11.4 Å². The van der Waals surface area contributed by atoms with E-state index in [-0.39, 0.29) is 28.0 Å². The highest BCUT2D eigenvalue weighted by Gasteiger charge is 2.41. The van der Waals surface area contributed by atoms with Gasteiger partial charge in [0.1, 0.15) is 17.5 Å². The fourth-order valence-corrected chi connectivity index (χ4v) is 5.29. The average molecular weight is 524 g/mol. The van der Waals surface area contributed by atoms with Gasteiger partial charge in [0.25, 0.3) is 15.9 Å². The molecule has 11 heteroatoms. The van der Waals surface area contributed by atoms with E-state index in [1.807, 2.05) is 32.0 Å². The van der Waals surface area contributed by atoms with Gasteiger partial charge in [-0.05, 0) is 76.4 Å². The molecule has 4 N–H and O–H groups in total. The van der Waals surface area contributed by atoms with Crippen molar-refractivity contribution in [3.05, 3.63) is 54.1 Å². The molecular formula is C26H33N7O3S. The normalized spacial score (nSPS) is 17.1. The number of hydrogen-bond acceptors (Lipinski definition) is 9. The van der Waals surface area contributed by atoms with Crippen LogP contribution in [0.25, 0.3) is 11.4 Å². The highest BCUT2D eigenvalue weighted by Crippen LogP contribution is 2.39. The predicted octanol–water partition coefficient (Wildman–Crippen LogP) is 3.68. The van der Waals surface area contributed by atoms with Gasteiger partial charge in [0.2, 0.25) is 0 Å². The van der Waals surface area contributed by atoms with Crippen LogP contribution in [0.15, 0.2) is 53.6 Å². The Kier molecular flexibility index (Phi) is 7.09. The Hall–Kier alpha value is -3.73. The fourth-order valence-electron chi connectivity index (χ4n) is 4.35. The van der Waals surface area contributed by atoms with Crippen LogP contribution in [0.5, 0.6) is 0 Å². The first-order valence-corrected chi connectivity index (χ1v) is 13.7. The smallest absolute Gasteiger partial charge is 0.281 e. The lowest BCUT2D eigenvalue weighted by Gasteiger charge is -2.36. The molecule has 0 aliphatic carbocycles. The number of sulfonamides is 1. The standard InChI is InChI=1S/C26H33N7O3S/c1-16(2)28-22-10-6-8-19(29-22)20-13-12-18(24(30-20)33-15-14-17(3)26(33,4)5)25(34)32-37(35,36)23-11-7-9-21(27)31-23/h6-13,16-17H,14-15H2,1-5H3,(H2,27,31)(H,28,29)(H,32,34). The second-order valence-electron chi connectivity index (χ2n) is 10.1.